The SMILES string of the molecule is Nc1ccc2nc(S(=O)CCCc3ccccc3)oc2c1. The van der Waals surface area contributed by atoms with Gasteiger partial charge in [-0.25, -0.2) is 9.19 Å². The van der Waals surface area contributed by atoms with E-state index in [2.05, 4.69) is 17.1 Å². The van der Waals surface area contributed by atoms with E-state index in [-0.39, 0.29) is 5.22 Å². The average molecular weight is 300 g/mol. The summed E-state index contributed by atoms with van der Waals surface area (Å²) in [4.78, 5) is 4.26. The highest BCUT2D eigenvalue weighted by Crippen LogP contribution is 2.20. The van der Waals surface area contributed by atoms with Gasteiger partial charge in [-0.3, -0.25) is 0 Å². The second-order valence-electron chi connectivity index (χ2n) is 4.85. The molecule has 0 aliphatic rings. The van der Waals surface area contributed by atoms with Gasteiger partial charge in [0.25, 0.3) is 5.22 Å². The van der Waals surface area contributed by atoms with Crippen LogP contribution in [0.1, 0.15) is 12.0 Å². The van der Waals surface area contributed by atoms with Gasteiger partial charge in [-0.2, -0.15) is 0 Å². The van der Waals surface area contributed by atoms with Crippen molar-refractivity contribution in [3.8, 4) is 0 Å². The minimum absolute atomic E-state index is 0.281. The standard InChI is InChI=1S/C16H16N2O2S/c17-13-8-9-14-15(11-13)20-16(18-14)21(19)10-4-7-12-5-2-1-3-6-12/h1-3,5-6,8-9,11H,4,7,10,17H2. The lowest BCUT2D eigenvalue weighted by molar-refractivity contribution is 0.477. The predicted molar refractivity (Wildman–Crippen MR) is 84.5 cm³/mol. The number of nitrogens with zero attached hydrogens (tertiary/aromatic N) is 1. The Morgan fingerprint density at radius 1 is 1.14 bits per heavy atom. The zero-order chi connectivity index (χ0) is 14.7. The summed E-state index contributed by atoms with van der Waals surface area (Å²) >= 11 is 0. The number of anilines is 1. The molecular weight excluding hydrogens is 284 g/mol. The number of hydrogen-bond donors (Lipinski definition) is 1. The number of rotatable bonds is 5. The third kappa shape index (κ3) is 3.31. The highest BCUT2D eigenvalue weighted by atomic mass is 32.2. The minimum atomic E-state index is -1.21. The number of fused-ring (bicyclic) bond motifs is 1. The summed E-state index contributed by atoms with van der Waals surface area (Å²) in [6.45, 7) is 0. The zero-order valence-electron chi connectivity index (χ0n) is 11.5. The molecule has 1 atom stereocenters. The molecule has 0 amide bonds. The molecule has 2 N–H and O–H groups in total. The van der Waals surface area contributed by atoms with E-state index in [9.17, 15) is 4.21 Å². The smallest absolute Gasteiger partial charge is 0.287 e. The summed E-state index contributed by atoms with van der Waals surface area (Å²) in [6, 6.07) is 15.4. The van der Waals surface area contributed by atoms with E-state index in [0.717, 1.165) is 12.8 Å². The molecule has 21 heavy (non-hydrogen) atoms. The molecule has 3 aromatic rings. The molecule has 0 saturated carbocycles. The number of benzene rings is 2. The Morgan fingerprint density at radius 2 is 1.95 bits per heavy atom. The molecule has 0 saturated heterocycles. The fraction of sp³-hybridized carbons (Fsp3) is 0.188. The number of oxazole rings is 1. The van der Waals surface area contributed by atoms with Crippen LogP contribution in [0.15, 0.2) is 58.2 Å². The average Bonchev–Trinajstić information content (AvgIpc) is 2.91. The molecule has 1 aromatic heterocycles. The number of nitrogens with two attached hydrogens (primary N) is 1. The van der Waals surface area contributed by atoms with Crippen molar-refractivity contribution in [1.29, 1.82) is 0 Å². The highest BCUT2D eigenvalue weighted by Gasteiger charge is 2.12. The van der Waals surface area contributed by atoms with E-state index in [1.54, 1.807) is 18.2 Å². The molecule has 2 aromatic carbocycles. The minimum Gasteiger partial charge on any atom is -0.430 e. The van der Waals surface area contributed by atoms with Gasteiger partial charge in [0.05, 0.1) is 0 Å². The molecule has 0 spiro atoms. The summed E-state index contributed by atoms with van der Waals surface area (Å²) < 4.78 is 17.7. The van der Waals surface area contributed by atoms with Crippen LogP contribution >= 0.6 is 0 Å². The Hall–Kier alpha value is -2.14. The van der Waals surface area contributed by atoms with Crippen LogP contribution in [-0.4, -0.2) is 14.9 Å². The van der Waals surface area contributed by atoms with Crippen molar-refractivity contribution in [2.24, 2.45) is 0 Å². The van der Waals surface area contributed by atoms with Crippen molar-refractivity contribution < 1.29 is 8.63 Å². The maximum Gasteiger partial charge on any atom is 0.287 e. The van der Waals surface area contributed by atoms with Gasteiger partial charge in [0.15, 0.2) is 5.58 Å². The second-order valence-corrected chi connectivity index (χ2v) is 6.29. The number of nitrogen functional groups attached to an aromatic ring is 1. The molecule has 0 aliphatic carbocycles. The third-order valence-corrected chi connectivity index (χ3v) is 4.45. The van der Waals surface area contributed by atoms with E-state index in [0.29, 0.717) is 22.5 Å². The molecule has 0 aliphatic heterocycles. The van der Waals surface area contributed by atoms with Gasteiger partial charge in [0.2, 0.25) is 0 Å². The lowest BCUT2D eigenvalue weighted by atomic mass is 10.1. The lowest BCUT2D eigenvalue weighted by Crippen LogP contribution is -2.00. The maximum absolute atomic E-state index is 12.2. The summed E-state index contributed by atoms with van der Waals surface area (Å²) in [5, 5.41) is 0.281. The van der Waals surface area contributed by atoms with Gasteiger partial charge >= 0.3 is 0 Å². The second kappa shape index (κ2) is 6.10. The van der Waals surface area contributed by atoms with E-state index in [1.165, 1.54) is 5.56 Å². The summed E-state index contributed by atoms with van der Waals surface area (Å²) in [6.07, 6.45) is 1.73. The molecule has 0 fully saturated rings. The quantitative estimate of drug-likeness (QED) is 0.735. The molecule has 4 nitrogen and oxygen atoms in total. The number of aromatic nitrogens is 1. The number of hydrogen-bond acceptors (Lipinski definition) is 4. The number of aryl methyl sites for hydroxylation is 1. The first-order valence-electron chi connectivity index (χ1n) is 6.81. The van der Waals surface area contributed by atoms with Crippen molar-refractivity contribution >= 4 is 27.6 Å². The monoisotopic (exact) mass is 300 g/mol. The van der Waals surface area contributed by atoms with Crippen LogP contribution in [0.2, 0.25) is 0 Å². The van der Waals surface area contributed by atoms with Gasteiger partial charge in [-0.05, 0) is 30.5 Å². The largest absolute Gasteiger partial charge is 0.430 e. The fourth-order valence-electron chi connectivity index (χ4n) is 2.16. The molecule has 5 heteroatoms. The van der Waals surface area contributed by atoms with Crippen LogP contribution in [-0.2, 0) is 17.2 Å². The van der Waals surface area contributed by atoms with E-state index >= 15 is 0 Å². The van der Waals surface area contributed by atoms with E-state index in [1.807, 2.05) is 18.2 Å². The lowest BCUT2D eigenvalue weighted by Gasteiger charge is -1.99. The van der Waals surface area contributed by atoms with Crippen LogP contribution < -0.4 is 5.73 Å². The van der Waals surface area contributed by atoms with Gasteiger partial charge in [0.1, 0.15) is 16.3 Å². The Bertz CT molecular complexity index is 768. The first-order valence-corrected chi connectivity index (χ1v) is 8.12. The van der Waals surface area contributed by atoms with Gasteiger partial charge in [-0.1, -0.05) is 30.3 Å². The molecule has 3 rings (SSSR count). The van der Waals surface area contributed by atoms with Crippen molar-refractivity contribution in [3.63, 3.8) is 0 Å². The van der Waals surface area contributed by atoms with Crippen LogP contribution in [0.3, 0.4) is 0 Å². The highest BCUT2D eigenvalue weighted by molar-refractivity contribution is 7.84. The first kappa shape index (κ1) is 13.8. The van der Waals surface area contributed by atoms with Gasteiger partial charge in [-0.15, -0.1) is 0 Å². The molecule has 0 bridgehead atoms. The summed E-state index contributed by atoms with van der Waals surface area (Å²) in [5.74, 6) is 0.539. The van der Waals surface area contributed by atoms with Crippen LogP contribution in [0.25, 0.3) is 11.1 Å². The van der Waals surface area contributed by atoms with Crippen LogP contribution in [0.5, 0.6) is 0 Å². The van der Waals surface area contributed by atoms with Crippen LogP contribution in [0, 0.1) is 0 Å². The Kier molecular flexibility index (Phi) is 4.01. The van der Waals surface area contributed by atoms with Gasteiger partial charge < -0.3 is 10.2 Å². The van der Waals surface area contributed by atoms with Crippen molar-refractivity contribution in [3.05, 3.63) is 54.1 Å². The maximum atomic E-state index is 12.2. The van der Waals surface area contributed by atoms with E-state index < -0.39 is 10.8 Å². The van der Waals surface area contributed by atoms with Crippen molar-refractivity contribution in [1.82, 2.24) is 4.98 Å². The molecular formula is C16H16N2O2S. The van der Waals surface area contributed by atoms with Gasteiger partial charge in [0, 0.05) is 17.5 Å². The van der Waals surface area contributed by atoms with Crippen molar-refractivity contribution in [2.75, 3.05) is 11.5 Å². The molecule has 0 radical (unpaired) electrons. The predicted octanol–water partition coefficient (Wildman–Crippen LogP) is 3.15. The van der Waals surface area contributed by atoms with E-state index in [4.69, 9.17) is 10.2 Å². The summed E-state index contributed by atoms with van der Waals surface area (Å²) in [7, 11) is -1.21. The Morgan fingerprint density at radius 3 is 2.76 bits per heavy atom. The Balaban J connectivity index is 1.64. The third-order valence-electron chi connectivity index (χ3n) is 3.23. The summed E-state index contributed by atoms with van der Waals surface area (Å²) in [5.41, 5.74) is 8.83. The Labute approximate surface area is 125 Å². The molecule has 1 heterocycles. The fourth-order valence-corrected chi connectivity index (χ4v) is 3.12. The first-order chi connectivity index (χ1) is 10.2. The van der Waals surface area contributed by atoms with Crippen LogP contribution in [0.4, 0.5) is 5.69 Å². The zero-order valence-corrected chi connectivity index (χ0v) is 12.3. The topological polar surface area (TPSA) is 69.1 Å². The molecule has 1 unspecified atom stereocenters. The van der Waals surface area contributed by atoms with Crippen molar-refractivity contribution in [2.45, 2.75) is 18.1 Å². The molecule has 108 valence electrons. The normalized spacial score (nSPS) is 12.6.